The van der Waals surface area contributed by atoms with E-state index in [1.54, 1.807) is 0 Å². The number of nitro groups is 1. The van der Waals surface area contributed by atoms with Crippen LogP contribution in [-0.2, 0) is 16.2 Å². The maximum absolute atomic E-state index is 12.6. The number of pyridine rings is 1. The van der Waals surface area contributed by atoms with Crippen LogP contribution in [0.3, 0.4) is 0 Å². The first-order valence-electron chi connectivity index (χ1n) is 7.53. The molecule has 1 aromatic heterocycles. The fourth-order valence-corrected chi connectivity index (χ4v) is 4.11. The summed E-state index contributed by atoms with van der Waals surface area (Å²) in [5, 5.41) is 11.0. The molecule has 27 heavy (non-hydrogen) atoms. The van der Waals surface area contributed by atoms with Crippen LogP contribution in [-0.4, -0.2) is 41.8 Å². The average molecular weight is 403 g/mol. The highest BCUT2D eigenvalue weighted by Gasteiger charge is 2.41. The fraction of sp³-hybridized carbons (Fsp3) is 0.267. The first-order chi connectivity index (χ1) is 12.6. The molecule has 0 N–H and O–H groups in total. The number of rotatable bonds is 5. The number of benzene rings is 1. The van der Waals surface area contributed by atoms with Crippen LogP contribution in [0.5, 0.6) is 5.88 Å². The summed E-state index contributed by atoms with van der Waals surface area (Å²) in [7, 11) is -4.12. The Morgan fingerprint density at radius 2 is 1.81 bits per heavy atom. The van der Waals surface area contributed by atoms with E-state index in [9.17, 15) is 31.7 Å². The SMILES string of the molecule is O=[N+]([O-])c1ccccc1S(=O)(=O)N1CC(Oc2cccc(C(F)(F)F)n2)C1. The molecule has 12 heteroatoms. The van der Waals surface area contributed by atoms with Crippen LogP contribution in [0.4, 0.5) is 18.9 Å². The quantitative estimate of drug-likeness (QED) is 0.561. The molecule has 8 nitrogen and oxygen atoms in total. The lowest BCUT2D eigenvalue weighted by Gasteiger charge is -2.37. The summed E-state index contributed by atoms with van der Waals surface area (Å²) in [4.78, 5) is 13.1. The Kier molecular flexibility index (Phi) is 4.78. The Morgan fingerprint density at radius 1 is 1.15 bits per heavy atom. The van der Waals surface area contributed by atoms with Gasteiger partial charge in [-0.1, -0.05) is 18.2 Å². The summed E-state index contributed by atoms with van der Waals surface area (Å²) >= 11 is 0. The van der Waals surface area contributed by atoms with Gasteiger partial charge in [0.1, 0.15) is 11.8 Å². The van der Waals surface area contributed by atoms with Crippen molar-refractivity contribution in [2.45, 2.75) is 17.2 Å². The van der Waals surface area contributed by atoms with Crippen molar-refractivity contribution in [1.82, 2.24) is 9.29 Å². The van der Waals surface area contributed by atoms with Gasteiger partial charge in [0.25, 0.3) is 5.69 Å². The first-order valence-corrected chi connectivity index (χ1v) is 8.97. The van der Waals surface area contributed by atoms with E-state index in [0.717, 1.165) is 28.6 Å². The topological polar surface area (TPSA) is 103 Å². The molecule has 1 fully saturated rings. The van der Waals surface area contributed by atoms with Gasteiger partial charge in [-0.3, -0.25) is 10.1 Å². The zero-order valence-electron chi connectivity index (χ0n) is 13.5. The van der Waals surface area contributed by atoms with Gasteiger partial charge in [0.2, 0.25) is 15.9 Å². The third-order valence-electron chi connectivity index (χ3n) is 3.80. The summed E-state index contributed by atoms with van der Waals surface area (Å²) in [6, 6.07) is 8.06. The van der Waals surface area contributed by atoms with Crippen molar-refractivity contribution in [3.63, 3.8) is 0 Å². The molecular weight excluding hydrogens is 391 g/mol. The van der Waals surface area contributed by atoms with Gasteiger partial charge in [0, 0.05) is 12.1 Å². The highest BCUT2D eigenvalue weighted by molar-refractivity contribution is 7.89. The minimum Gasteiger partial charge on any atom is -0.472 e. The number of aromatic nitrogens is 1. The molecular formula is C15H12F3N3O5S. The Balaban J connectivity index is 1.70. The molecule has 2 heterocycles. The van der Waals surface area contributed by atoms with Crippen LogP contribution < -0.4 is 4.74 Å². The Labute approximate surface area is 151 Å². The van der Waals surface area contributed by atoms with Gasteiger partial charge < -0.3 is 4.74 Å². The van der Waals surface area contributed by atoms with Crippen molar-refractivity contribution >= 4 is 15.7 Å². The van der Waals surface area contributed by atoms with E-state index < -0.39 is 43.5 Å². The standard InChI is InChI=1S/C15H12F3N3O5S/c16-15(17,18)13-6-3-7-14(19-13)26-10-8-20(9-10)27(24,25)12-5-2-1-4-11(12)21(22)23/h1-7,10H,8-9H2. The number of para-hydroxylation sites is 1. The van der Waals surface area contributed by atoms with Crippen LogP contribution in [0.25, 0.3) is 0 Å². The van der Waals surface area contributed by atoms with Crippen molar-refractivity contribution in [2.75, 3.05) is 13.1 Å². The molecule has 1 aliphatic heterocycles. The van der Waals surface area contributed by atoms with Gasteiger partial charge in [-0.05, 0) is 12.1 Å². The molecule has 0 atom stereocenters. The van der Waals surface area contributed by atoms with Gasteiger partial charge in [-0.15, -0.1) is 0 Å². The van der Waals surface area contributed by atoms with Crippen molar-refractivity contribution < 1.29 is 31.2 Å². The molecule has 144 valence electrons. The molecule has 0 bridgehead atoms. The number of hydrogen-bond donors (Lipinski definition) is 0. The van der Waals surface area contributed by atoms with Gasteiger partial charge in [0.15, 0.2) is 4.90 Å². The number of alkyl halides is 3. The Bertz CT molecular complexity index is 975. The largest absolute Gasteiger partial charge is 0.472 e. The Morgan fingerprint density at radius 3 is 2.44 bits per heavy atom. The number of hydrogen-bond acceptors (Lipinski definition) is 6. The van der Waals surface area contributed by atoms with E-state index in [1.807, 2.05) is 0 Å². The summed E-state index contributed by atoms with van der Waals surface area (Å²) in [6.45, 7) is -0.321. The predicted molar refractivity (Wildman–Crippen MR) is 85.5 cm³/mol. The van der Waals surface area contributed by atoms with Gasteiger partial charge in [0.05, 0.1) is 18.0 Å². The lowest BCUT2D eigenvalue weighted by Crippen LogP contribution is -2.56. The second-order valence-corrected chi connectivity index (χ2v) is 7.55. The van der Waals surface area contributed by atoms with Crippen molar-refractivity contribution in [3.8, 4) is 5.88 Å². The van der Waals surface area contributed by atoms with Crippen molar-refractivity contribution in [1.29, 1.82) is 0 Å². The van der Waals surface area contributed by atoms with E-state index >= 15 is 0 Å². The minimum atomic E-state index is -4.62. The zero-order chi connectivity index (χ0) is 19.8. The third kappa shape index (κ3) is 3.85. The molecule has 3 rings (SSSR count). The van der Waals surface area contributed by atoms with Crippen LogP contribution in [0.15, 0.2) is 47.4 Å². The summed E-state index contributed by atoms with van der Waals surface area (Å²) in [5.74, 6) is -0.280. The third-order valence-corrected chi connectivity index (χ3v) is 5.67. The lowest BCUT2D eigenvalue weighted by atomic mass is 10.2. The minimum absolute atomic E-state index is 0.160. The van der Waals surface area contributed by atoms with Crippen LogP contribution in [0, 0.1) is 10.1 Å². The van der Waals surface area contributed by atoms with E-state index in [-0.39, 0.29) is 19.0 Å². The smallest absolute Gasteiger partial charge is 0.433 e. The molecule has 1 saturated heterocycles. The van der Waals surface area contributed by atoms with E-state index in [1.165, 1.54) is 18.2 Å². The average Bonchev–Trinajstić information content (AvgIpc) is 2.57. The van der Waals surface area contributed by atoms with E-state index in [4.69, 9.17) is 4.74 Å². The highest BCUT2D eigenvalue weighted by Crippen LogP contribution is 2.31. The second-order valence-electron chi connectivity index (χ2n) is 5.65. The molecule has 1 aliphatic rings. The van der Waals surface area contributed by atoms with Crippen LogP contribution in [0.1, 0.15) is 5.69 Å². The summed E-state index contributed by atoms with van der Waals surface area (Å²) < 4.78 is 69.2. The van der Waals surface area contributed by atoms with Crippen molar-refractivity contribution in [3.05, 3.63) is 58.3 Å². The molecule has 0 radical (unpaired) electrons. The second kappa shape index (κ2) is 6.78. The normalized spacial score (nSPS) is 16.0. The predicted octanol–water partition coefficient (Wildman–Crippen LogP) is 2.46. The number of nitrogens with zero attached hydrogens (tertiary/aromatic N) is 3. The fourth-order valence-electron chi connectivity index (χ4n) is 2.45. The molecule has 0 saturated carbocycles. The monoisotopic (exact) mass is 403 g/mol. The number of nitro benzene ring substituents is 1. The lowest BCUT2D eigenvalue weighted by molar-refractivity contribution is -0.387. The molecule has 2 aromatic rings. The first kappa shape index (κ1) is 19.0. The number of sulfonamides is 1. The molecule has 0 unspecified atom stereocenters. The van der Waals surface area contributed by atoms with Crippen molar-refractivity contribution in [2.24, 2.45) is 0 Å². The van der Waals surface area contributed by atoms with E-state index in [0.29, 0.717) is 0 Å². The molecule has 0 aliphatic carbocycles. The maximum Gasteiger partial charge on any atom is 0.433 e. The Hall–Kier alpha value is -2.73. The maximum atomic E-state index is 12.6. The zero-order valence-corrected chi connectivity index (χ0v) is 14.3. The van der Waals surface area contributed by atoms with Gasteiger partial charge in [-0.2, -0.15) is 17.5 Å². The highest BCUT2D eigenvalue weighted by atomic mass is 32.2. The molecule has 0 spiro atoms. The van der Waals surface area contributed by atoms with Gasteiger partial charge >= 0.3 is 6.18 Å². The molecule has 1 aromatic carbocycles. The summed E-state index contributed by atoms with van der Waals surface area (Å²) in [5.41, 5.74) is -1.68. The number of ether oxygens (including phenoxy) is 1. The number of halogens is 3. The van der Waals surface area contributed by atoms with E-state index in [2.05, 4.69) is 4.98 Å². The van der Waals surface area contributed by atoms with Gasteiger partial charge in [-0.25, -0.2) is 13.4 Å². The molecule has 0 amide bonds. The van der Waals surface area contributed by atoms with Crippen LogP contribution >= 0.6 is 0 Å². The van der Waals surface area contributed by atoms with Crippen LogP contribution in [0.2, 0.25) is 0 Å². The summed E-state index contributed by atoms with van der Waals surface area (Å²) in [6.07, 6.45) is -5.33.